The Morgan fingerprint density at radius 2 is 1.82 bits per heavy atom. The van der Waals surface area contributed by atoms with Crippen molar-refractivity contribution in [1.82, 2.24) is 0 Å². The van der Waals surface area contributed by atoms with Crippen LogP contribution in [0.25, 0.3) is 0 Å². The molecule has 1 saturated heterocycles. The summed E-state index contributed by atoms with van der Waals surface area (Å²) in [4.78, 5) is 0. The minimum atomic E-state index is -5.46. The number of rotatable bonds is 6. The van der Waals surface area contributed by atoms with Crippen LogP contribution >= 0.6 is 0 Å². The van der Waals surface area contributed by atoms with Crippen molar-refractivity contribution in [3.8, 4) is 0 Å². The zero-order valence-corrected chi connectivity index (χ0v) is 9.23. The third-order valence-corrected chi connectivity index (χ3v) is 2.49. The van der Waals surface area contributed by atoms with Crippen molar-refractivity contribution in [3.63, 3.8) is 0 Å². The summed E-state index contributed by atoms with van der Waals surface area (Å²) in [5.74, 6) is -4.60. The van der Waals surface area contributed by atoms with Crippen molar-refractivity contribution < 1.29 is 31.4 Å². The summed E-state index contributed by atoms with van der Waals surface area (Å²) in [6.45, 7) is 0.759. The normalized spacial score (nSPS) is 22.1. The van der Waals surface area contributed by atoms with Gasteiger partial charge in [-0.15, -0.1) is 0 Å². The zero-order chi connectivity index (χ0) is 12.9. The number of hydrogen-bond acceptors (Lipinski definition) is 2. The lowest BCUT2D eigenvalue weighted by Crippen LogP contribution is -2.36. The van der Waals surface area contributed by atoms with Gasteiger partial charge in [0.2, 0.25) is 0 Å². The van der Waals surface area contributed by atoms with E-state index in [4.69, 9.17) is 9.47 Å². The third-order valence-electron chi connectivity index (χ3n) is 2.49. The fraction of sp³-hybridized carbons (Fsp3) is 1.00. The molecule has 7 heteroatoms. The molecule has 1 unspecified atom stereocenters. The molecule has 1 rings (SSSR count). The highest BCUT2D eigenvalue weighted by Crippen LogP contribution is 2.39. The van der Waals surface area contributed by atoms with E-state index >= 15 is 0 Å². The average molecular weight is 262 g/mol. The maximum Gasteiger partial charge on any atom is 0.453 e. The van der Waals surface area contributed by atoms with Crippen LogP contribution in [0.1, 0.15) is 32.1 Å². The highest BCUT2D eigenvalue weighted by molar-refractivity contribution is 4.75. The van der Waals surface area contributed by atoms with Gasteiger partial charge >= 0.3 is 12.1 Å². The molecule has 1 aliphatic rings. The smallest absolute Gasteiger partial charge is 0.353 e. The van der Waals surface area contributed by atoms with Crippen LogP contribution in [0.4, 0.5) is 22.0 Å². The maximum absolute atomic E-state index is 12.5. The van der Waals surface area contributed by atoms with Crippen LogP contribution in [-0.2, 0) is 9.47 Å². The summed E-state index contributed by atoms with van der Waals surface area (Å²) < 4.78 is 70.6. The quantitative estimate of drug-likeness (QED) is 0.538. The van der Waals surface area contributed by atoms with Crippen LogP contribution in [0.2, 0.25) is 0 Å². The molecule has 102 valence electrons. The second kappa shape index (κ2) is 5.95. The van der Waals surface area contributed by atoms with Crippen molar-refractivity contribution in [2.45, 2.75) is 50.5 Å². The van der Waals surface area contributed by atoms with Crippen LogP contribution in [-0.4, -0.2) is 31.6 Å². The molecule has 1 atom stereocenters. The van der Waals surface area contributed by atoms with Crippen LogP contribution in [0.5, 0.6) is 0 Å². The summed E-state index contributed by atoms with van der Waals surface area (Å²) in [5, 5.41) is 0. The van der Waals surface area contributed by atoms with Gasteiger partial charge in [-0.25, -0.2) is 0 Å². The molecule has 1 aliphatic heterocycles. The first-order valence-corrected chi connectivity index (χ1v) is 5.51. The molecule has 0 aromatic carbocycles. The number of alkyl halides is 5. The largest absolute Gasteiger partial charge is 0.453 e. The summed E-state index contributed by atoms with van der Waals surface area (Å²) in [6, 6.07) is 0. The van der Waals surface area contributed by atoms with Crippen LogP contribution < -0.4 is 0 Å². The molecule has 1 heterocycles. The summed E-state index contributed by atoms with van der Waals surface area (Å²) in [5.41, 5.74) is 0. The standard InChI is InChI=1S/C10H15F5O2/c11-9(12,10(13,14)15)5-1-2-6-16-8-4-3-7-17-8/h8H,1-7H2. The van der Waals surface area contributed by atoms with Gasteiger partial charge in [-0.1, -0.05) is 0 Å². The molecular formula is C10H15F5O2. The fourth-order valence-electron chi connectivity index (χ4n) is 1.49. The third kappa shape index (κ3) is 4.75. The monoisotopic (exact) mass is 262 g/mol. The first kappa shape index (κ1) is 14.6. The van der Waals surface area contributed by atoms with Crippen LogP contribution in [0.3, 0.4) is 0 Å². The van der Waals surface area contributed by atoms with Gasteiger partial charge < -0.3 is 9.47 Å². The number of ether oxygens (including phenoxy) is 2. The highest BCUT2D eigenvalue weighted by Gasteiger charge is 2.56. The second-order valence-electron chi connectivity index (χ2n) is 3.97. The number of hydrogen-bond donors (Lipinski definition) is 0. The first-order chi connectivity index (χ1) is 7.83. The summed E-state index contributed by atoms with van der Waals surface area (Å²) >= 11 is 0. The Labute approximate surface area is 96.1 Å². The predicted molar refractivity (Wildman–Crippen MR) is 49.8 cm³/mol. The van der Waals surface area contributed by atoms with Gasteiger partial charge in [0.05, 0.1) is 0 Å². The Morgan fingerprint density at radius 1 is 1.12 bits per heavy atom. The van der Waals surface area contributed by atoms with Gasteiger partial charge in [0.15, 0.2) is 6.29 Å². The van der Waals surface area contributed by atoms with Crippen LogP contribution in [0.15, 0.2) is 0 Å². The van der Waals surface area contributed by atoms with Crippen molar-refractivity contribution in [2.24, 2.45) is 0 Å². The molecule has 0 radical (unpaired) electrons. The van der Waals surface area contributed by atoms with E-state index < -0.39 is 18.5 Å². The first-order valence-electron chi connectivity index (χ1n) is 5.51. The summed E-state index contributed by atoms with van der Waals surface area (Å²) in [6.07, 6.45) is -5.38. The van der Waals surface area contributed by atoms with Gasteiger partial charge in [0, 0.05) is 26.1 Å². The molecule has 0 bridgehead atoms. The van der Waals surface area contributed by atoms with Gasteiger partial charge in [-0.05, 0) is 19.3 Å². The fourth-order valence-corrected chi connectivity index (χ4v) is 1.49. The Kier molecular flexibility index (Phi) is 5.12. The Hall–Kier alpha value is -0.430. The van der Waals surface area contributed by atoms with E-state index in [2.05, 4.69) is 0 Å². The van der Waals surface area contributed by atoms with Crippen molar-refractivity contribution in [3.05, 3.63) is 0 Å². The van der Waals surface area contributed by atoms with E-state index in [-0.39, 0.29) is 25.7 Å². The van der Waals surface area contributed by atoms with E-state index in [9.17, 15) is 22.0 Å². The Morgan fingerprint density at radius 3 is 2.35 bits per heavy atom. The van der Waals surface area contributed by atoms with E-state index in [1.165, 1.54) is 0 Å². The lowest BCUT2D eigenvalue weighted by molar-refractivity contribution is -0.284. The molecular weight excluding hydrogens is 247 g/mol. The summed E-state index contributed by atoms with van der Waals surface area (Å²) in [7, 11) is 0. The molecule has 17 heavy (non-hydrogen) atoms. The van der Waals surface area contributed by atoms with Crippen LogP contribution in [0, 0.1) is 0 Å². The van der Waals surface area contributed by atoms with Crippen molar-refractivity contribution >= 4 is 0 Å². The van der Waals surface area contributed by atoms with E-state index in [1.807, 2.05) is 0 Å². The lowest BCUT2D eigenvalue weighted by atomic mass is 10.1. The van der Waals surface area contributed by atoms with Gasteiger partial charge in [0.1, 0.15) is 0 Å². The molecule has 0 aliphatic carbocycles. The lowest BCUT2D eigenvalue weighted by Gasteiger charge is -2.19. The number of unbranched alkanes of at least 4 members (excludes halogenated alkanes) is 1. The number of halogens is 5. The molecule has 0 saturated carbocycles. The van der Waals surface area contributed by atoms with Crippen molar-refractivity contribution in [1.29, 1.82) is 0 Å². The van der Waals surface area contributed by atoms with Gasteiger partial charge in [-0.3, -0.25) is 0 Å². The minimum Gasteiger partial charge on any atom is -0.353 e. The molecule has 0 aromatic heterocycles. The van der Waals surface area contributed by atoms with E-state index in [1.54, 1.807) is 0 Å². The Balaban J connectivity index is 2.07. The maximum atomic E-state index is 12.5. The Bertz CT molecular complexity index is 223. The second-order valence-corrected chi connectivity index (χ2v) is 3.97. The topological polar surface area (TPSA) is 18.5 Å². The predicted octanol–water partition coefficient (Wildman–Crippen LogP) is 3.51. The van der Waals surface area contributed by atoms with Gasteiger partial charge in [-0.2, -0.15) is 22.0 Å². The van der Waals surface area contributed by atoms with E-state index in [0.717, 1.165) is 12.8 Å². The molecule has 2 nitrogen and oxygen atoms in total. The molecule has 0 aromatic rings. The molecule has 0 amide bonds. The molecule has 1 fully saturated rings. The minimum absolute atomic E-state index is 0.151. The van der Waals surface area contributed by atoms with E-state index in [0.29, 0.717) is 6.61 Å². The SMILES string of the molecule is FC(F)(F)C(F)(F)CCCCOC1CCCO1. The molecule has 0 N–H and O–H groups in total. The molecule has 0 spiro atoms. The highest BCUT2D eigenvalue weighted by atomic mass is 19.4. The van der Waals surface area contributed by atoms with Gasteiger partial charge in [0.25, 0.3) is 0 Å². The average Bonchev–Trinajstić information content (AvgIpc) is 2.68. The zero-order valence-electron chi connectivity index (χ0n) is 9.23. The van der Waals surface area contributed by atoms with Crippen molar-refractivity contribution in [2.75, 3.05) is 13.2 Å².